The molecular weight excluding hydrogens is 775 g/mol. The molecule has 1 aliphatic heterocycles. The highest BCUT2D eigenvalue weighted by Gasteiger charge is 2.33. The molecule has 1 N–H and O–H groups in total. The molecule has 3 atom stereocenters. The molecule has 0 bridgehead atoms. The molecule has 1 aromatic carbocycles. The molecule has 18 heteroatoms. The van der Waals surface area contributed by atoms with Gasteiger partial charge in [0, 0.05) is 49.4 Å². The molecule has 0 aliphatic carbocycles. The van der Waals surface area contributed by atoms with Crippen LogP contribution < -0.4 is 5.32 Å². The van der Waals surface area contributed by atoms with Gasteiger partial charge in [-0.25, -0.2) is 28.5 Å². The molecule has 4 rings (SSSR count). The predicted molar refractivity (Wildman–Crippen MR) is 222 cm³/mol. The van der Waals surface area contributed by atoms with E-state index in [9.17, 15) is 24.0 Å². The van der Waals surface area contributed by atoms with Crippen LogP contribution in [0.5, 0.6) is 0 Å². The van der Waals surface area contributed by atoms with E-state index in [1.54, 1.807) is 81.9 Å². The van der Waals surface area contributed by atoms with Gasteiger partial charge in [-0.15, -0.1) is 10.2 Å². The molecular formula is C42H63N9O9. The van der Waals surface area contributed by atoms with Gasteiger partial charge >= 0.3 is 24.1 Å². The van der Waals surface area contributed by atoms with E-state index in [1.807, 2.05) is 34.6 Å². The number of carbonyl (C=O) groups excluding carboxylic acids is 5. The van der Waals surface area contributed by atoms with Gasteiger partial charge in [-0.1, -0.05) is 30.7 Å². The number of benzene rings is 1. The second kappa shape index (κ2) is 19.7. The highest BCUT2D eigenvalue weighted by Crippen LogP contribution is 2.31. The van der Waals surface area contributed by atoms with Gasteiger partial charge in [0.1, 0.15) is 28.2 Å². The molecule has 0 spiro atoms. The molecule has 60 heavy (non-hydrogen) atoms. The average molecular weight is 838 g/mol. The molecule has 0 saturated carbocycles. The summed E-state index contributed by atoms with van der Waals surface area (Å²) >= 11 is 0. The summed E-state index contributed by atoms with van der Waals surface area (Å²) < 4.78 is 24.6. The van der Waals surface area contributed by atoms with Crippen LogP contribution in [-0.4, -0.2) is 126 Å². The van der Waals surface area contributed by atoms with E-state index in [1.165, 1.54) is 16.5 Å². The Morgan fingerprint density at radius 1 is 0.717 bits per heavy atom. The lowest BCUT2D eigenvalue weighted by Gasteiger charge is -2.35. The number of carbonyl (C=O) groups is 5. The number of piperazine rings is 1. The third kappa shape index (κ3) is 13.5. The number of hydrogen-bond donors (Lipinski definition) is 1. The molecule has 330 valence electrons. The van der Waals surface area contributed by atoms with Crippen LogP contribution in [0.4, 0.5) is 9.59 Å². The Hall–Kier alpha value is -5.55. The van der Waals surface area contributed by atoms with Gasteiger partial charge in [0.15, 0.2) is 12.1 Å². The van der Waals surface area contributed by atoms with Crippen molar-refractivity contribution in [2.24, 2.45) is 5.92 Å². The average Bonchev–Trinajstić information content (AvgIpc) is 3.84. The molecule has 3 aromatic rings. The smallest absolute Gasteiger partial charge is 0.410 e. The van der Waals surface area contributed by atoms with Crippen LogP contribution in [0.25, 0.3) is 22.5 Å². The Balaban J connectivity index is 1.65. The third-order valence-corrected chi connectivity index (χ3v) is 9.49. The van der Waals surface area contributed by atoms with Crippen molar-refractivity contribution in [1.29, 1.82) is 0 Å². The van der Waals surface area contributed by atoms with Crippen LogP contribution >= 0.6 is 0 Å². The van der Waals surface area contributed by atoms with Crippen LogP contribution in [0.3, 0.4) is 0 Å². The molecule has 1 saturated heterocycles. The molecule has 18 nitrogen and oxygen atoms in total. The zero-order valence-electron chi connectivity index (χ0n) is 37.2. The van der Waals surface area contributed by atoms with Crippen LogP contribution in [0.15, 0.2) is 30.6 Å². The van der Waals surface area contributed by atoms with Gasteiger partial charge in [0.2, 0.25) is 0 Å². The Kier molecular flexibility index (Phi) is 15.5. The van der Waals surface area contributed by atoms with E-state index in [4.69, 9.17) is 18.9 Å². The van der Waals surface area contributed by atoms with E-state index in [0.29, 0.717) is 73.4 Å². The summed E-state index contributed by atoms with van der Waals surface area (Å²) in [6.07, 6.45) is 4.48. The fourth-order valence-corrected chi connectivity index (χ4v) is 6.40. The van der Waals surface area contributed by atoms with E-state index in [2.05, 4.69) is 25.9 Å². The van der Waals surface area contributed by atoms with Crippen molar-refractivity contribution in [3.8, 4) is 22.5 Å². The molecule has 1 unspecified atom stereocenters. The standard InChI is InChI=1S/C42H63N9O9/c1-13-27(2)34(37(54)58-40(3,4)5)51-26-32(45-47-51)29-22-28(23-30(24-29)35(52)48-18-20-49(21-19-48)39(56)60-42(9,10)11)31-25-50(46-44-31)33(36(53)57-12)16-14-15-17-43-38(55)59-41(6,7)8/h22-27,33-34H,13-21H2,1-12H3,(H,43,55)/t27?,33-,34-/m0/s1. The van der Waals surface area contributed by atoms with Gasteiger partial charge in [-0.2, -0.15) is 0 Å². The molecule has 3 amide bonds. The lowest BCUT2D eigenvalue weighted by Crippen LogP contribution is -2.51. The van der Waals surface area contributed by atoms with Crippen molar-refractivity contribution in [2.75, 3.05) is 39.8 Å². The number of nitrogens with one attached hydrogen (secondary N) is 1. The van der Waals surface area contributed by atoms with Crippen molar-refractivity contribution in [2.45, 2.75) is 131 Å². The minimum absolute atomic E-state index is 0.128. The number of aromatic nitrogens is 6. The first kappa shape index (κ1) is 47.1. The van der Waals surface area contributed by atoms with Crippen molar-refractivity contribution in [1.82, 2.24) is 45.1 Å². The van der Waals surface area contributed by atoms with Crippen LogP contribution in [-0.2, 0) is 28.5 Å². The number of esters is 2. The number of amides is 3. The topological polar surface area (TPSA) is 202 Å². The van der Waals surface area contributed by atoms with Gasteiger partial charge < -0.3 is 34.1 Å². The highest BCUT2D eigenvalue weighted by atomic mass is 16.6. The summed E-state index contributed by atoms with van der Waals surface area (Å²) in [6, 6.07) is 3.64. The number of unbranched alkanes of at least 4 members (excludes halogenated alkanes) is 1. The summed E-state index contributed by atoms with van der Waals surface area (Å²) in [5.74, 6) is -1.35. The van der Waals surface area contributed by atoms with E-state index in [0.717, 1.165) is 0 Å². The first-order chi connectivity index (χ1) is 28.0. The predicted octanol–water partition coefficient (Wildman–Crippen LogP) is 6.23. The van der Waals surface area contributed by atoms with Crippen LogP contribution in [0.1, 0.15) is 124 Å². The minimum Gasteiger partial charge on any atom is -0.467 e. The molecule has 1 aliphatic rings. The summed E-state index contributed by atoms with van der Waals surface area (Å²) in [5, 5.41) is 20.2. The molecule has 3 heterocycles. The van der Waals surface area contributed by atoms with Crippen molar-refractivity contribution >= 4 is 30.0 Å². The van der Waals surface area contributed by atoms with Crippen molar-refractivity contribution < 1.29 is 42.9 Å². The quantitative estimate of drug-likeness (QED) is 0.109. The lowest BCUT2D eigenvalue weighted by atomic mass is 9.98. The van der Waals surface area contributed by atoms with Gasteiger partial charge in [0.25, 0.3) is 5.91 Å². The number of methoxy groups -OCH3 is 1. The Morgan fingerprint density at radius 2 is 1.25 bits per heavy atom. The Morgan fingerprint density at radius 3 is 1.78 bits per heavy atom. The van der Waals surface area contributed by atoms with Crippen molar-refractivity contribution in [3.05, 3.63) is 36.2 Å². The normalized spacial score (nSPS) is 15.1. The van der Waals surface area contributed by atoms with Gasteiger partial charge in [0.05, 0.1) is 19.5 Å². The second-order valence-electron chi connectivity index (χ2n) is 18.1. The maximum absolute atomic E-state index is 14.2. The number of alkyl carbamates (subject to hydrolysis) is 1. The maximum atomic E-state index is 14.2. The summed E-state index contributed by atoms with van der Waals surface area (Å²) in [7, 11) is 1.30. The van der Waals surface area contributed by atoms with Gasteiger partial charge in [-0.05, 0) is 106 Å². The van der Waals surface area contributed by atoms with E-state index < -0.39 is 53.0 Å². The van der Waals surface area contributed by atoms with E-state index >= 15 is 0 Å². The zero-order valence-corrected chi connectivity index (χ0v) is 37.2. The number of ether oxygens (including phenoxy) is 4. The first-order valence-corrected chi connectivity index (χ1v) is 20.5. The number of rotatable bonds is 14. The Labute approximate surface area is 352 Å². The summed E-state index contributed by atoms with van der Waals surface area (Å²) in [4.78, 5) is 68.7. The second-order valence-corrected chi connectivity index (χ2v) is 18.1. The minimum atomic E-state index is -0.812. The largest absolute Gasteiger partial charge is 0.467 e. The monoisotopic (exact) mass is 837 g/mol. The highest BCUT2D eigenvalue weighted by molar-refractivity contribution is 5.97. The van der Waals surface area contributed by atoms with Crippen molar-refractivity contribution in [3.63, 3.8) is 0 Å². The van der Waals surface area contributed by atoms with Crippen LogP contribution in [0, 0.1) is 5.92 Å². The fraction of sp³-hybridized carbons (Fsp3) is 0.643. The number of nitrogens with zero attached hydrogens (tertiary/aromatic N) is 8. The lowest BCUT2D eigenvalue weighted by molar-refractivity contribution is -0.161. The molecule has 2 aromatic heterocycles. The fourth-order valence-electron chi connectivity index (χ4n) is 6.40. The maximum Gasteiger partial charge on any atom is 0.410 e. The SMILES string of the molecule is CCC(C)[C@@H](C(=O)OC(C)(C)C)n1cc(-c2cc(C(=O)N3CCN(C(=O)OC(C)(C)C)CC3)cc(-c3cn([C@@H](CCCCNC(=O)OC(C)(C)C)C(=O)OC)nn3)c2)nn1. The van der Waals surface area contributed by atoms with Gasteiger partial charge in [-0.3, -0.25) is 4.79 Å². The van der Waals surface area contributed by atoms with Crippen LogP contribution in [0.2, 0.25) is 0 Å². The first-order valence-electron chi connectivity index (χ1n) is 20.5. The Bertz CT molecular complexity index is 1960. The summed E-state index contributed by atoms with van der Waals surface area (Å²) in [5.41, 5.74) is 0.162. The summed E-state index contributed by atoms with van der Waals surface area (Å²) in [6.45, 7) is 21.6. The molecule has 1 fully saturated rings. The zero-order chi connectivity index (χ0) is 44.6. The third-order valence-electron chi connectivity index (χ3n) is 9.49. The molecule has 0 radical (unpaired) electrons. The number of hydrogen-bond acceptors (Lipinski definition) is 13. The van der Waals surface area contributed by atoms with E-state index in [-0.39, 0.29) is 24.9 Å².